The van der Waals surface area contributed by atoms with Crippen LogP contribution in [0.15, 0.2) is 18.5 Å². The molecule has 64 valence electrons. The summed E-state index contributed by atoms with van der Waals surface area (Å²) in [6.45, 7) is 0. The van der Waals surface area contributed by atoms with Crippen LogP contribution in [0.5, 0.6) is 0 Å². The first-order chi connectivity index (χ1) is 5.71. The van der Waals surface area contributed by atoms with Gasteiger partial charge in [-0.3, -0.25) is 0 Å². The van der Waals surface area contributed by atoms with Crippen molar-refractivity contribution in [1.82, 2.24) is 9.97 Å². The van der Waals surface area contributed by atoms with Crippen molar-refractivity contribution in [2.75, 3.05) is 0 Å². The summed E-state index contributed by atoms with van der Waals surface area (Å²) >= 11 is 0. The van der Waals surface area contributed by atoms with Crippen molar-refractivity contribution in [2.24, 2.45) is 5.73 Å². The Balaban J connectivity index is 2.21. The molecule has 0 unspecified atom stereocenters. The molecule has 1 fully saturated rings. The van der Waals surface area contributed by atoms with Gasteiger partial charge in [-0.2, -0.15) is 0 Å². The minimum absolute atomic E-state index is 0.279. The number of aromatic nitrogens is 2. The Kier molecular flexibility index (Phi) is 1.59. The molecular weight excluding hydrogens is 154 g/mol. The van der Waals surface area contributed by atoms with E-state index >= 15 is 0 Å². The fourth-order valence-electron chi connectivity index (χ4n) is 1.52. The van der Waals surface area contributed by atoms with Gasteiger partial charge in [-0.15, -0.1) is 0 Å². The summed E-state index contributed by atoms with van der Waals surface area (Å²) in [5, 5.41) is 9.11. The van der Waals surface area contributed by atoms with E-state index in [4.69, 9.17) is 10.8 Å². The molecule has 4 heteroatoms. The third-order valence-corrected chi connectivity index (χ3v) is 2.21. The standard InChI is InChI=1S/C8H11N3O/c9-8(4-6(12)5-8)7-10-2-1-3-11-7/h1-3,6,12H,4-5,9H2. The predicted octanol–water partition coefficient (Wildman–Crippen LogP) is -0.215. The van der Waals surface area contributed by atoms with E-state index in [0.29, 0.717) is 18.7 Å². The van der Waals surface area contributed by atoms with Gasteiger partial charge >= 0.3 is 0 Å². The molecule has 0 spiro atoms. The molecule has 0 bridgehead atoms. The van der Waals surface area contributed by atoms with Crippen LogP contribution < -0.4 is 5.73 Å². The van der Waals surface area contributed by atoms with Gasteiger partial charge in [-0.1, -0.05) is 0 Å². The minimum Gasteiger partial charge on any atom is -0.393 e. The molecule has 1 heterocycles. The zero-order valence-corrected chi connectivity index (χ0v) is 6.64. The van der Waals surface area contributed by atoms with E-state index in [0.717, 1.165) is 0 Å². The maximum atomic E-state index is 9.11. The lowest BCUT2D eigenvalue weighted by atomic mass is 9.74. The smallest absolute Gasteiger partial charge is 0.148 e. The van der Waals surface area contributed by atoms with E-state index in [2.05, 4.69) is 9.97 Å². The number of nitrogens with two attached hydrogens (primary N) is 1. The Hall–Kier alpha value is -1.00. The lowest BCUT2D eigenvalue weighted by Gasteiger charge is -2.40. The van der Waals surface area contributed by atoms with E-state index in [1.807, 2.05) is 0 Å². The highest BCUT2D eigenvalue weighted by atomic mass is 16.3. The number of aliphatic hydroxyl groups is 1. The van der Waals surface area contributed by atoms with Gasteiger partial charge in [-0.25, -0.2) is 9.97 Å². The second kappa shape index (κ2) is 2.50. The maximum Gasteiger partial charge on any atom is 0.148 e. The molecule has 2 rings (SSSR count). The summed E-state index contributed by atoms with van der Waals surface area (Å²) in [5.74, 6) is 0.635. The third kappa shape index (κ3) is 1.09. The SMILES string of the molecule is NC1(c2ncccn2)CC(O)C1. The van der Waals surface area contributed by atoms with Gasteiger partial charge in [0, 0.05) is 12.4 Å². The van der Waals surface area contributed by atoms with Crippen LogP contribution in [-0.4, -0.2) is 21.2 Å². The molecule has 0 saturated heterocycles. The largest absolute Gasteiger partial charge is 0.393 e. The Bertz CT molecular complexity index is 269. The van der Waals surface area contributed by atoms with Crippen LogP contribution in [0.2, 0.25) is 0 Å². The number of aliphatic hydroxyl groups excluding tert-OH is 1. The molecule has 0 amide bonds. The maximum absolute atomic E-state index is 9.11. The van der Waals surface area contributed by atoms with E-state index in [1.54, 1.807) is 18.5 Å². The lowest BCUT2D eigenvalue weighted by molar-refractivity contribution is 0.0165. The first kappa shape index (κ1) is 7.64. The van der Waals surface area contributed by atoms with Crippen LogP contribution in [0.25, 0.3) is 0 Å². The van der Waals surface area contributed by atoms with E-state index in [1.165, 1.54) is 0 Å². The zero-order valence-electron chi connectivity index (χ0n) is 6.64. The van der Waals surface area contributed by atoms with Gasteiger partial charge in [0.05, 0.1) is 11.6 Å². The number of rotatable bonds is 1. The fourth-order valence-corrected chi connectivity index (χ4v) is 1.52. The van der Waals surface area contributed by atoms with Crippen molar-refractivity contribution in [3.05, 3.63) is 24.3 Å². The molecule has 0 atom stereocenters. The van der Waals surface area contributed by atoms with Crippen LogP contribution >= 0.6 is 0 Å². The van der Waals surface area contributed by atoms with Gasteiger partial charge < -0.3 is 10.8 Å². The van der Waals surface area contributed by atoms with E-state index < -0.39 is 5.54 Å². The number of hydrogen-bond acceptors (Lipinski definition) is 4. The fraction of sp³-hybridized carbons (Fsp3) is 0.500. The second-order valence-corrected chi connectivity index (χ2v) is 3.29. The normalized spacial score (nSPS) is 34.3. The highest BCUT2D eigenvalue weighted by Crippen LogP contribution is 2.36. The van der Waals surface area contributed by atoms with Crippen molar-refractivity contribution in [3.8, 4) is 0 Å². The van der Waals surface area contributed by atoms with Crippen molar-refractivity contribution in [1.29, 1.82) is 0 Å². The molecule has 0 aliphatic heterocycles. The van der Waals surface area contributed by atoms with Crippen LogP contribution in [0.4, 0.5) is 0 Å². The quantitative estimate of drug-likeness (QED) is 0.603. The average molecular weight is 165 g/mol. The van der Waals surface area contributed by atoms with Gasteiger partial charge in [-0.05, 0) is 18.9 Å². The van der Waals surface area contributed by atoms with E-state index in [9.17, 15) is 0 Å². The molecule has 1 aromatic heterocycles. The van der Waals surface area contributed by atoms with Gasteiger partial charge in [0.2, 0.25) is 0 Å². The zero-order chi connectivity index (χ0) is 8.60. The molecule has 1 aromatic rings. The third-order valence-electron chi connectivity index (χ3n) is 2.21. The molecule has 0 aromatic carbocycles. The van der Waals surface area contributed by atoms with Crippen LogP contribution in [0, 0.1) is 0 Å². The van der Waals surface area contributed by atoms with Gasteiger partial charge in [0.25, 0.3) is 0 Å². The Labute approximate surface area is 70.5 Å². The summed E-state index contributed by atoms with van der Waals surface area (Å²) in [7, 11) is 0. The molecule has 1 aliphatic carbocycles. The summed E-state index contributed by atoms with van der Waals surface area (Å²) < 4.78 is 0. The van der Waals surface area contributed by atoms with E-state index in [-0.39, 0.29) is 6.10 Å². The summed E-state index contributed by atoms with van der Waals surface area (Å²) in [4.78, 5) is 8.12. The predicted molar refractivity (Wildman–Crippen MR) is 43.1 cm³/mol. The topological polar surface area (TPSA) is 72.0 Å². The highest BCUT2D eigenvalue weighted by molar-refractivity contribution is 5.12. The molecule has 1 saturated carbocycles. The van der Waals surface area contributed by atoms with Gasteiger partial charge in [0.1, 0.15) is 5.82 Å². The Morgan fingerprint density at radius 2 is 2.00 bits per heavy atom. The Morgan fingerprint density at radius 3 is 2.50 bits per heavy atom. The molecule has 3 N–H and O–H groups in total. The Morgan fingerprint density at radius 1 is 1.42 bits per heavy atom. The summed E-state index contributed by atoms with van der Waals surface area (Å²) in [5.41, 5.74) is 5.44. The number of hydrogen-bond donors (Lipinski definition) is 2. The molecule has 1 aliphatic rings. The van der Waals surface area contributed by atoms with Crippen molar-refractivity contribution < 1.29 is 5.11 Å². The lowest BCUT2D eigenvalue weighted by Crippen LogP contribution is -2.52. The van der Waals surface area contributed by atoms with Crippen LogP contribution in [0.1, 0.15) is 18.7 Å². The van der Waals surface area contributed by atoms with Crippen LogP contribution in [0.3, 0.4) is 0 Å². The highest BCUT2D eigenvalue weighted by Gasteiger charge is 2.43. The monoisotopic (exact) mass is 165 g/mol. The summed E-state index contributed by atoms with van der Waals surface area (Å²) in [6, 6.07) is 1.75. The minimum atomic E-state index is -0.485. The second-order valence-electron chi connectivity index (χ2n) is 3.29. The average Bonchev–Trinajstić information content (AvgIpc) is 2.04. The molecular formula is C8H11N3O. The molecule has 0 radical (unpaired) electrons. The first-order valence-electron chi connectivity index (χ1n) is 3.95. The number of nitrogens with zero attached hydrogens (tertiary/aromatic N) is 2. The van der Waals surface area contributed by atoms with Crippen molar-refractivity contribution in [2.45, 2.75) is 24.5 Å². The molecule has 12 heavy (non-hydrogen) atoms. The first-order valence-corrected chi connectivity index (χ1v) is 3.95. The molecule has 4 nitrogen and oxygen atoms in total. The summed E-state index contributed by atoms with van der Waals surface area (Å²) in [6.07, 6.45) is 4.19. The van der Waals surface area contributed by atoms with Crippen molar-refractivity contribution >= 4 is 0 Å². The van der Waals surface area contributed by atoms with Gasteiger partial charge in [0.15, 0.2) is 0 Å². The van der Waals surface area contributed by atoms with Crippen molar-refractivity contribution in [3.63, 3.8) is 0 Å². The van der Waals surface area contributed by atoms with Crippen LogP contribution in [-0.2, 0) is 5.54 Å².